The molecule has 0 bridgehead atoms. The average molecular weight is 298 g/mol. The van der Waals surface area contributed by atoms with Crippen LogP contribution >= 0.6 is 11.6 Å². The second kappa shape index (κ2) is 5.42. The Bertz CT molecular complexity index is 837. The van der Waals surface area contributed by atoms with Crippen LogP contribution in [-0.4, -0.2) is 15.9 Å². The standard InChI is InChI=1S/C16H12ClN3O/c17-14-7-6-12-11(9-19-16(12)20-14)8-13(15(18)21)10-4-2-1-3-5-10/h1-9H,(H2,18,21)(H,19,20)/b13-8-. The van der Waals surface area contributed by atoms with Crippen LogP contribution in [-0.2, 0) is 4.79 Å². The highest BCUT2D eigenvalue weighted by molar-refractivity contribution is 6.30. The lowest BCUT2D eigenvalue weighted by Gasteiger charge is -2.03. The Morgan fingerprint density at radius 1 is 1.19 bits per heavy atom. The summed E-state index contributed by atoms with van der Waals surface area (Å²) in [4.78, 5) is 18.9. The van der Waals surface area contributed by atoms with Crippen molar-refractivity contribution in [2.24, 2.45) is 5.73 Å². The van der Waals surface area contributed by atoms with Gasteiger partial charge in [-0.15, -0.1) is 0 Å². The van der Waals surface area contributed by atoms with E-state index in [-0.39, 0.29) is 0 Å². The number of aromatic amines is 1. The van der Waals surface area contributed by atoms with Crippen molar-refractivity contribution in [1.29, 1.82) is 0 Å². The second-order valence-electron chi connectivity index (χ2n) is 4.56. The number of rotatable bonds is 3. The molecule has 0 aliphatic carbocycles. The molecule has 0 aliphatic heterocycles. The maximum atomic E-state index is 11.7. The summed E-state index contributed by atoms with van der Waals surface area (Å²) in [5.41, 5.74) is 8.24. The number of benzene rings is 1. The van der Waals surface area contributed by atoms with E-state index in [9.17, 15) is 4.79 Å². The van der Waals surface area contributed by atoms with Crippen LogP contribution in [0.5, 0.6) is 0 Å². The molecule has 2 heterocycles. The van der Waals surface area contributed by atoms with Gasteiger partial charge in [-0.25, -0.2) is 4.98 Å². The van der Waals surface area contributed by atoms with Crippen molar-refractivity contribution >= 4 is 40.2 Å². The minimum atomic E-state index is -0.475. The SMILES string of the molecule is NC(=O)/C(=C\c1c[nH]c2nc(Cl)ccc12)c1ccccc1. The van der Waals surface area contributed by atoms with Crippen molar-refractivity contribution in [3.8, 4) is 0 Å². The number of halogens is 1. The molecule has 3 N–H and O–H groups in total. The van der Waals surface area contributed by atoms with Crippen molar-refractivity contribution in [1.82, 2.24) is 9.97 Å². The molecule has 3 rings (SSSR count). The predicted molar refractivity (Wildman–Crippen MR) is 84.6 cm³/mol. The van der Waals surface area contributed by atoms with Gasteiger partial charge in [0, 0.05) is 22.7 Å². The molecule has 3 aromatic rings. The van der Waals surface area contributed by atoms with Gasteiger partial charge in [-0.3, -0.25) is 4.79 Å². The van der Waals surface area contributed by atoms with Gasteiger partial charge >= 0.3 is 0 Å². The zero-order chi connectivity index (χ0) is 14.8. The maximum absolute atomic E-state index is 11.7. The molecule has 1 aromatic carbocycles. The van der Waals surface area contributed by atoms with E-state index in [2.05, 4.69) is 9.97 Å². The molecule has 5 heteroatoms. The van der Waals surface area contributed by atoms with Gasteiger partial charge in [0.2, 0.25) is 5.91 Å². The number of carbonyl (C=O) groups is 1. The normalized spacial score (nSPS) is 11.8. The van der Waals surface area contributed by atoms with Crippen LogP contribution < -0.4 is 5.73 Å². The van der Waals surface area contributed by atoms with Crippen LogP contribution in [0.15, 0.2) is 48.7 Å². The molecule has 4 nitrogen and oxygen atoms in total. The van der Waals surface area contributed by atoms with Crippen LogP contribution in [0.2, 0.25) is 5.15 Å². The first-order chi connectivity index (χ1) is 10.1. The topological polar surface area (TPSA) is 71.8 Å². The summed E-state index contributed by atoms with van der Waals surface area (Å²) in [7, 11) is 0. The summed E-state index contributed by atoms with van der Waals surface area (Å²) < 4.78 is 0. The third kappa shape index (κ3) is 2.66. The highest BCUT2D eigenvalue weighted by Gasteiger charge is 2.10. The number of nitrogens with two attached hydrogens (primary N) is 1. The first-order valence-electron chi connectivity index (χ1n) is 6.36. The average Bonchev–Trinajstić information content (AvgIpc) is 2.87. The van der Waals surface area contributed by atoms with Crippen molar-refractivity contribution in [3.05, 3.63) is 64.9 Å². The lowest BCUT2D eigenvalue weighted by molar-refractivity contribution is -0.112. The number of pyridine rings is 1. The summed E-state index contributed by atoms with van der Waals surface area (Å²) in [5, 5.41) is 1.30. The third-order valence-electron chi connectivity index (χ3n) is 3.19. The van der Waals surface area contributed by atoms with E-state index in [4.69, 9.17) is 17.3 Å². The summed E-state index contributed by atoms with van der Waals surface area (Å²) in [6.45, 7) is 0. The molecule has 0 saturated carbocycles. The number of hydrogen-bond acceptors (Lipinski definition) is 2. The van der Waals surface area contributed by atoms with Crippen LogP contribution in [0, 0.1) is 0 Å². The molecule has 0 spiro atoms. The Morgan fingerprint density at radius 2 is 1.95 bits per heavy atom. The molecule has 0 unspecified atom stereocenters. The Morgan fingerprint density at radius 3 is 2.67 bits per heavy atom. The predicted octanol–water partition coefficient (Wildman–Crippen LogP) is 3.24. The monoisotopic (exact) mass is 297 g/mol. The number of amides is 1. The van der Waals surface area contributed by atoms with Crippen LogP contribution in [0.25, 0.3) is 22.7 Å². The summed E-state index contributed by atoms with van der Waals surface area (Å²) in [6, 6.07) is 12.9. The number of aromatic nitrogens is 2. The fraction of sp³-hybridized carbons (Fsp3) is 0. The number of primary amides is 1. The molecular formula is C16H12ClN3O. The number of nitrogens with one attached hydrogen (secondary N) is 1. The largest absolute Gasteiger partial charge is 0.366 e. The van der Waals surface area contributed by atoms with Gasteiger partial charge in [0.1, 0.15) is 10.8 Å². The zero-order valence-electron chi connectivity index (χ0n) is 11.0. The lowest BCUT2D eigenvalue weighted by Crippen LogP contribution is -2.12. The molecule has 0 aliphatic rings. The van der Waals surface area contributed by atoms with Gasteiger partial charge in [-0.1, -0.05) is 41.9 Å². The number of fused-ring (bicyclic) bond motifs is 1. The van der Waals surface area contributed by atoms with E-state index >= 15 is 0 Å². The zero-order valence-corrected chi connectivity index (χ0v) is 11.8. The van der Waals surface area contributed by atoms with E-state index in [0.29, 0.717) is 16.4 Å². The molecule has 104 valence electrons. The van der Waals surface area contributed by atoms with E-state index in [1.54, 1.807) is 18.3 Å². The number of carbonyl (C=O) groups excluding carboxylic acids is 1. The molecule has 0 saturated heterocycles. The minimum Gasteiger partial charge on any atom is -0.366 e. The lowest BCUT2D eigenvalue weighted by atomic mass is 10.0. The van der Waals surface area contributed by atoms with E-state index in [1.165, 1.54) is 0 Å². The Hall–Kier alpha value is -2.59. The number of hydrogen-bond donors (Lipinski definition) is 2. The Labute approximate surface area is 126 Å². The van der Waals surface area contributed by atoms with Crippen molar-refractivity contribution in [2.45, 2.75) is 0 Å². The van der Waals surface area contributed by atoms with Crippen LogP contribution in [0.1, 0.15) is 11.1 Å². The Kier molecular flexibility index (Phi) is 3.46. The van der Waals surface area contributed by atoms with E-state index < -0.39 is 5.91 Å². The Balaban J connectivity index is 2.14. The molecule has 2 aromatic heterocycles. The fourth-order valence-electron chi connectivity index (χ4n) is 2.19. The fourth-order valence-corrected chi connectivity index (χ4v) is 2.34. The van der Waals surface area contributed by atoms with Crippen molar-refractivity contribution in [2.75, 3.05) is 0 Å². The first-order valence-corrected chi connectivity index (χ1v) is 6.73. The van der Waals surface area contributed by atoms with Gasteiger partial charge in [-0.05, 0) is 23.8 Å². The smallest absolute Gasteiger partial charge is 0.249 e. The first kappa shape index (κ1) is 13.4. The van der Waals surface area contributed by atoms with E-state index in [0.717, 1.165) is 16.5 Å². The molecule has 0 radical (unpaired) electrons. The molecule has 21 heavy (non-hydrogen) atoms. The second-order valence-corrected chi connectivity index (χ2v) is 4.95. The van der Waals surface area contributed by atoms with Crippen LogP contribution in [0.3, 0.4) is 0 Å². The highest BCUT2D eigenvalue weighted by Crippen LogP contribution is 2.24. The molecule has 1 amide bonds. The third-order valence-corrected chi connectivity index (χ3v) is 3.40. The molecular weight excluding hydrogens is 286 g/mol. The quantitative estimate of drug-likeness (QED) is 0.575. The molecule has 0 atom stereocenters. The minimum absolute atomic E-state index is 0.415. The number of nitrogens with zero attached hydrogens (tertiary/aromatic N) is 1. The van der Waals surface area contributed by atoms with Gasteiger partial charge in [-0.2, -0.15) is 0 Å². The summed E-state index contributed by atoms with van der Waals surface area (Å²) in [5.74, 6) is -0.475. The van der Waals surface area contributed by atoms with E-state index in [1.807, 2.05) is 36.4 Å². The number of H-pyrrole nitrogens is 1. The maximum Gasteiger partial charge on any atom is 0.249 e. The summed E-state index contributed by atoms with van der Waals surface area (Å²) >= 11 is 5.86. The van der Waals surface area contributed by atoms with Gasteiger partial charge < -0.3 is 10.7 Å². The summed E-state index contributed by atoms with van der Waals surface area (Å²) in [6.07, 6.45) is 3.53. The van der Waals surface area contributed by atoms with Crippen molar-refractivity contribution < 1.29 is 4.79 Å². The van der Waals surface area contributed by atoms with Gasteiger partial charge in [0.05, 0.1) is 0 Å². The van der Waals surface area contributed by atoms with Crippen molar-refractivity contribution in [3.63, 3.8) is 0 Å². The van der Waals surface area contributed by atoms with Gasteiger partial charge in [0.25, 0.3) is 0 Å². The highest BCUT2D eigenvalue weighted by atomic mass is 35.5. The molecule has 0 fully saturated rings. The van der Waals surface area contributed by atoms with Gasteiger partial charge in [0.15, 0.2) is 0 Å². The van der Waals surface area contributed by atoms with Crippen LogP contribution in [0.4, 0.5) is 0 Å².